The van der Waals surface area contributed by atoms with Gasteiger partial charge in [-0.3, -0.25) is 14.9 Å². The Morgan fingerprint density at radius 1 is 0.886 bits per heavy atom. The van der Waals surface area contributed by atoms with E-state index in [0.29, 0.717) is 45.2 Å². The van der Waals surface area contributed by atoms with Crippen LogP contribution in [0.1, 0.15) is 15.9 Å². The van der Waals surface area contributed by atoms with Crippen LogP contribution in [0.5, 0.6) is 17.2 Å². The number of nitrogen functional groups attached to an aromatic ring is 1. The molecule has 2 N–H and O–H groups in total. The van der Waals surface area contributed by atoms with E-state index in [0.717, 1.165) is 5.69 Å². The molecule has 0 saturated heterocycles. The Hall–Kier alpha value is -4.79. The van der Waals surface area contributed by atoms with Gasteiger partial charge in [-0.15, -0.1) is 0 Å². The van der Waals surface area contributed by atoms with Crippen LogP contribution in [0.4, 0.5) is 11.4 Å². The lowest BCUT2D eigenvalue weighted by Crippen LogP contribution is -2.04. The maximum absolute atomic E-state index is 13.8. The highest BCUT2D eigenvalue weighted by molar-refractivity contribution is 6.13. The van der Waals surface area contributed by atoms with Crippen LogP contribution in [0.25, 0.3) is 16.8 Å². The predicted octanol–water partition coefficient (Wildman–Crippen LogP) is 4.89. The Bertz CT molecular complexity index is 1370. The Labute approximate surface area is 201 Å². The summed E-state index contributed by atoms with van der Waals surface area (Å²) in [6.07, 6.45) is 3.52. The molecule has 0 amide bonds. The third-order valence-corrected chi connectivity index (χ3v) is 5.58. The Kier molecular flexibility index (Phi) is 6.41. The van der Waals surface area contributed by atoms with Crippen molar-refractivity contribution in [1.29, 1.82) is 0 Å². The number of carbonyl (C=O) groups excluding carboxylic acids is 1. The molecule has 9 heteroatoms. The predicted molar refractivity (Wildman–Crippen MR) is 132 cm³/mol. The van der Waals surface area contributed by atoms with Crippen LogP contribution in [0.15, 0.2) is 73.1 Å². The molecule has 0 unspecified atom stereocenters. The Morgan fingerprint density at radius 3 is 2.00 bits per heavy atom. The quantitative estimate of drug-likeness (QED) is 0.167. The summed E-state index contributed by atoms with van der Waals surface area (Å²) in [5, 5.41) is 11.1. The third-order valence-electron chi connectivity index (χ3n) is 5.58. The molecule has 4 rings (SSSR count). The van der Waals surface area contributed by atoms with Crippen molar-refractivity contribution in [2.75, 3.05) is 27.1 Å². The van der Waals surface area contributed by atoms with Gasteiger partial charge >= 0.3 is 0 Å². The fraction of sp³-hybridized carbons (Fsp3) is 0.115. The van der Waals surface area contributed by atoms with E-state index in [1.807, 2.05) is 12.1 Å². The topological polar surface area (TPSA) is 119 Å². The maximum atomic E-state index is 13.8. The second-order valence-corrected chi connectivity index (χ2v) is 7.63. The van der Waals surface area contributed by atoms with E-state index in [4.69, 9.17) is 19.9 Å². The van der Waals surface area contributed by atoms with Crippen LogP contribution in [0.3, 0.4) is 0 Å². The largest absolute Gasteiger partial charge is 0.493 e. The van der Waals surface area contributed by atoms with E-state index in [9.17, 15) is 14.9 Å². The number of nitro benzene ring substituents is 1. The molecule has 0 atom stereocenters. The molecule has 178 valence electrons. The number of carbonyl (C=O) groups is 1. The monoisotopic (exact) mass is 473 g/mol. The molecule has 0 radical (unpaired) electrons. The van der Waals surface area contributed by atoms with Crippen LogP contribution in [-0.2, 0) is 0 Å². The lowest BCUT2D eigenvalue weighted by Gasteiger charge is -2.14. The van der Waals surface area contributed by atoms with Gasteiger partial charge in [-0.2, -0.15) is 0 Å². The van der Waals surface area contributed by atoms with Crippen molar-refractivity contribution in [1.82, 2.24) is 4.57 Å². The van der Waals surface area contributed by atoms with Gasteiger partial charge in [0.2, 0.25) is 5.75 Å². The lowest BCUT2D eigenvalue weighted by atomic mass is 9.97. The van der Waals surface area contributed by atoms with Gasteiger partial charge in [-0.05, 0) is 54.1 Å². The first-order valence-corrected chi connectivity index (χ1v) is 10.5. The fourth-order valence-electron chi connectivity index (χ4n) is 3.79. The maximum Gasteiger partial charge on any atom is 0.269 e. The number of anilines is 1. The summed E-state index contributed by atoms with van der Waals surface area (Å²) in [6, 6.07) is 16.4. The molecule has 0 bridgehead atoms. The van der Waals surface area contributed by atoms with E-state index in [1.54, 1.807) is 53.4 Å². The molecular weight excluding hydrogens is 450 g/mol. The van der Waals surface area contributed by atoms with Crippen LogP contribution in [0.2, 0.25) is 0 Å². The highest BCUT2D eigenvalue weighted by Gasteiger charge is 2.23. The van der Waals surface area contributed by atoms with Crippen molar-refractivity contribution in [2.45, 2.75) is 0 Å². The summed E-state index contributed by atoms with van der Waals surface area (Å²) in [7, 11) is 4.44. The minimum Gasteiger partial charge on any atom is -0.493 e. The van der Waals surface area contributed by atoms with Gasteiger partial charge in [0.15, 0.2) is 17.3 Å². The third kappa shape index (κ3) is 4.51. The van der Waals surface area contributed by atoms with E-state index >= 15 is 0 Å². The highest BCUT2D eigenvalue weighted by Crippen LogP contribution is 2.39. The van der Waals surface area contributed by atoms with Gasteiger partial charge in [0, 0.05) is 52.6 Å². The first-order valence-electron chi connectivity index (χ1n) is 10.5. The highest BCUT2D eigenvalue weighted by atomic mass is 16.6. The second-order valence-electron chi connectivity index (χ2n) is 7.63. The average molecular weight is 473 g/mol. The molecular formula is C26H23N3O6. The standard InChI is InChI=1S/C26H23N3O6/c1-33-23-12-17(13-24(34-2)26(23)35-3)25(30)22-15-28(19-10-6-18(27)7-11-19)14-21(22)16-4-8-20(9-5-16)29(31)32/h4-15H,27H2,1-3H3. The molecule has 4 aromatic rings. The van der Waals surface area contributed by atoms with Crippen molar-refractivity contribution in [3.05, 3.63) is 94.3 Å². The van der Waals surface area contributed by atoms with Gasteiger partial charge in [-0.1, -0.05) is 0 Å². The van der Waals surface area contributed by atoms with Crippen molar-refractivity contribution >= 4 is 17.2 Å². The first-order chi connectivity index (χ1) is 16.9. The molecule has 1 aromatic heterocycles. The lowest BCUT2D eigenvalue weighted by molar-refractivity contribution is -0.384. The molecule has 0 saturated carbocycles. The number of hydrogen-bond acceptors (Lipinski definition) is 7. The molecule has 1 heterocycles. The van der Waals surface area contributed by atoms with Crippen molar-refractivity contribution < 1.29 is 23.9 Å². The van der Waals surface area contributed by atoms with Gasteiger partial charge < -0.3 is 24.5 Å². The number of ketones is 1. The van der Waals surface area contributed by atoms with Crippen molar-refractivity contribution in [3.8, 4) is 34.1 Å². The van der Waals surface area contributed by atoms with Gasteiger partial charge in [0.1, 0.15) is 0 Å². The van der Waals surface area contributed by atoms with Gasteiger partial charge in [-0.25, -0.2) is 0 Å². The summed E-state index contributed by atoms with van der Waals surface area (Å²) < 4.78 is 18.0. The van der Waals surface area contributed by atoms with E-state index in [-0.39, 0.29) is 11.5 Å². The number of hydrogen-bond donors (Lipinski definition) is 1. The summed E-state index contributed by atoms with van der Waals surface area (Å²) in [6.45, 7) is 0. The number of rotatable bonds is 8. The van der Waals surface area contributed by atoms with E-state index in [2.05, 4.69) is 0 Å². The van der Waals surface area contributed by atoms with Gasteiger partial charge in [0.25, 0.3) is 5.69 Å². The zero-order valence-electron chi connectivity index (χ0n) is 19.3. The zero-order chi connectivity index (χ0) is 25.1. The molecule has 0 fully saturated rings. The van der Waals surface area contributed by atoms with E-state index < -0.39 is 4.92 Å². The number of nitrogens with zero attached hydrogens (tertiary/aromatic N) is 2. The number of methoxy groups -OCH3 is 3. The molecule has 0 spiro atoms. The van der Waals surface area contributed by atoms with Crippen LogP contribution >= 0.6 is 0 Å². The summed E-state index contributed by atoms with van der Waals surface area (Å²) in [5.74, 6) is 0.795. The normalized spacial score (nSPS) is 10.6. The summed E-state index contributed by atoms with van der Waals surface area (Å²) >= 11 is 0. The number of ether oxygens (including phenoxy) is 3. The van der Waals surface area contributed by atoms with E-state index in [1.165, 1.54) is 33.5 Å². The first kappa shape index (κ1) is 23.4. The number of nitro groups is 1. The molecule has 9 nitrogen and oxygen atoms in total. The molecule has 3 aromatic carbocycles. The minimum atomic E-state index is -0.467. The van der Waals surface area contributed by atoms with Crippen LogP contribution in [-0.4, -0.2) is 36.6 Å². The number of aromatic nitrogens is 1. The summed E-state index contributed by atoms with van der Waals surface area (Å²) in [4.78, 5) is 24.4. The Balaban J connectivity index is 1.87. The summed E-state index contributed by atoms with van der Waals surface area (Å²) in [5.41, 5.74) is 9.18. The van der Waals surface area contributed by atoms with Gasteiger partial charge in [0.05, 0.1) is 26.3 Å². The number of non-ortho nitro benzene ring substituents is 1. The Morgan fingerprint density at radius 2 is 1.49 bits per heavy atom. The molecule has 0 aliphatic heterocycles. The number of benzene rings is 3. The molecule has 35 heavy (non-hydrogen) atoms. The smallest absolute Gasteiger partial charge is 0.269 e. The van der Waals surface area contributed by atoms with Crippen LogP contribution in [0, 0.1) is 10.1 Å². The minimum absolute atomic E-state index is 0.0378. The van der Waals surface area contributed by atoms with Crippen molar-refractivity contribution in [3.63, 3.8) is 0 Å². The SMILES string of the molecule is COc1cc(C(=O)c2cn(-c3ccc(N)cc3)cc2-c2ccc([N+](=O)[O-])cc2)cc(OC)c1OC. The molecule has 0 aliphatic rings. The van der Waals surface area contributed by atoms with Crippen molar-refractivity contribution in [2.24, 2.45) is 0 Å². The number of nitrogens with two attached hydrogens (primary N) is 1. The second kappa shape index (κ2) is 9.60. The zero-order valence-corrected chi connectivity index (χ0v) is 19.3. The average Bonchev–Trinajstić information content (AvgIpc) is 3.33. The molecule has 0 aliphatic carbocycles. The fourth-order valence-corrected chi connectivity index (χ4v) is 3.79. The van der Waals surface area contributed by atoms with Crippen LogP contribution < -0.4 is 19.9 Å².